The topological polar surface area (TPSA) is 65.5 Å². The van der Waals surface area contributed by atoms with Gasteiger partial charge in [-0.15, -0.1) is 12.4 Å². The number of carbonyl (C=O) groups excluding carboxylic acids is 1. The number of methoxy groups -OCH3 is 1. The van der Waals surface area contributed by atoms with E-state index < -0.39 is 0 Å². The fraction of sp³-hybridized carbons (Fsp3) is 0.250. The van der Waals surface area contributed by atoms with E-state index in [-0.39, 0.29) is 18.2 Å². The molecule has 2 N–H and O–H groups in total. The molecule has 5 heteroatoms. The maximum Gasteiger partial charge on any atom is 0.197 e. The van der Waals surface area contributed by atoms with E-state index in [1.165, 1.54) is 0 Å². The number of hydrogen-bond acceptors (Lipinski definition) is 4. The van der Waals surface area contributed by atoms with E-state index in [2.05, 4.69) is 6.92 Å². The van der Waals surface area contributed by atoms with Crippen LogP contribution in [-0.2, 0) is 6.42 Å². The molecule has 0 bridgehead atoms. The molecule has 0 saturated heterocycles. The number of carbonyl (C=O) groups is 1. The summed E-state index contributed by atoms with van der Waals surface area (Å²) in [5.74, 6) is 1.41. The molecule has 0 amide bonds. The van der Waals surface area contributed by atoms with Crippen molar-refractivity contribution in [2.45, 2.75) is 26.2 Å². The molecule has 0 aliphatic carbocycles. The van der Waals surface area contributed by atoms with E-state index in [0.29, 0.717) is 22.4 Å². The Kier molecular flexibility index (Phi) is 6.10. The van der Waals surface area contributed by atoms with Gasteiger partial charge in [-0.05, 0) is 48.9 Å². The molecule has 0 unspecified atom stereocenters. The number of halogens is 1. The number of nitrogens with two attached hydrogens (primary N) is 1. The number of rotatable bonds is 6. The Labute approximate surface area is 153 Å². The van der Waals surface area contributed by atoms with Crippen molar-refractivity contribution in [2.24, 2.45) is 0 Å². The van der Waals surface area contributed by atoms with Crippen LogP contribution in [0.15, 0.2) is 46.9 Å². The summed E-state index contributed by atoms with van der Waals surface area (Å²) < 4.78 is 11.1. The predicted molar refractivity (Wildman–Crippen MR) is 103 cm³/mol. The summed E-state index contributed by atoms with van der Waals surface area (Å²) in [6, 6.07) is 12.5. The minimum absolute atomic E-state index is 0. The molecule has 3 rings (SSSR count). The summed E-state index contributed by atoms with van der Waals surface area (Å²) >= 11 is 0. The zero-order valence-electron chi connectivity index (χ0n) is 14.4. The first-order valence-electron chi connectivity index (χ1n) is 8.13. The summed E-state index contributed by atoms with van der Waals surface area (Å²) in [7, 11) is 1.60. The van der Waals surface area contributed by atoms with Crippen molar-refractivity contribution >= 4 is 34.8 Å². The van der Waals surface area contributed by atoms with Crippen LogP contribution in [0.25, 0.3) is 11.0 Å². The number of unbranched alkanes of at least 4 members (excludes halogenated alkanes) is 1. The summed E-state index contributed by atoms with van der Waals surface area (Å²) in [6.45, 7) is 2.12. The Morgan fingerprint density at radius 3 is 2.52 bits per heavy atom. The highest BCUT2D eigenvalue weighted by Gasteiger charge is 2.22. The molecule has 0 saturated carbocycles. The third-order valence-corrected chi connectivity index (χ3v) is 4.12. The highest BCUT2D eigenvalue weighted by atomic mass is 35.5. The van der Waals surface area contributed by atoms with Crippen LogP contribution in [0.4, 0.5) is 5.69 Å². The Morgan fingerprint density at radius 1 is 1.16 bits per heavy atom. The second-order valence-electron chi connectivity index (χ2n) is 5.82. The van der Waals surface area contributed by atoms with Crippen molar-refractivity contribution in [1.29, 1.82) is 0 Å². The number of furan rings is 1. The van der Waals surface area contributed by atoms with E-state index in [0.717, 1.165) is 36.2 Å². The summed E-state index contributed by atoms with van der Waals surface area (Å²) in [4.78, 5) is 13.1. The first-order valence-corrected chi connectivity index (χ1v) is 8.13. The molecule has 0 spiro atoms. The molecule has 0 fully saturated rings. The molecule has 1 aromatic heterocycles. The highest BCUT2D eigenvalue weighted by molar-refractivity contribution is 6.17. The molecule has 1 heterocycles. The van der Waals surface area contributed by atoms with Crippen molar-refractivity contribution in [3.05, 3.63) is 59.4 Å². The molecular weight excluding hydrogens is 338 g/mol. The zero-order chi connectivity index (χ0) is 17.1. The molecule has 0 aliphatic rings. The van der Waals surface area contributed by atoms with E-state index in [4.69, 9.17) is 14.9 Å². The second kappa shape index (κ2) is 8.08. The van der Waals surface area contributed by atoms with Crippen LogP contribution in [0.1, 0.15) is 41.4 Å². The van der Waals surface area contributed by atoms with Crippen LogP contribution < -0.4 is 10.5 Å². The van der Waals surface area contributed by atoms with E-state index in [1.54, 1.807) is 37.4 Å². The van der Waals surface area contributed by atoms with Gasteiger partial charge in [-0.3, -0.25) is 4.79 Å². The lowest BCUT2D eigenvalue weighted by molar-refractivity contribution is 0.103. The normalized spacial score (nSPS) is 10.5. The number of ketones is 1. The Morgan fingerprint density at radius 2 is 1.88 bits per heavy atom. The number of ether oxygens (including phenoxy) is 1. The molecule has 3 aromatic rings. The van der Waals surface area contributed by atoms with Crippen LogP contribution in [0.3, 0.4) is 0 Å². The molecule has 0 aliphatic heterocycles. The van der Waals surface area contributed by atoms with Crippen molar-refractivity contribution < 1.29 is 13.9 Å². The maximum atomic E-state index is 13.1. The molecular formula is C20H22ClNO3. The van der Waals surface area contributed by atoms with Crippen LogP contribution in [-0.4, -0.2) is 12.9 Å². The van der Waals surface area contributed by atoms with Crippen molar-refractivity contribution in [3.8, 4) is 5.75 Å². The number of anilines is 1. The van der Waals surface area contributed by atoms with Gasteiger partial charge < -0.3 is 14.9 Å². The second-order valence-corrected chi connectivity index (χ2v) is 5.82. The summed E-state index contributed by atoms with van der Waals surface area (Å²) in [5.41, 5.74) is 8.46. The molecule has 25 heavy (non-hydrogen) atoms. The third-order valence-electron chi connectivity index (χ3n) is 4.12. The van der Waals surface area contributed by atoms with Crippen LogP contribution in [0.2, 0.25) is 0 Å². The lowest BCUT2D eigenvalue weighted by Crippen LogP contribution is -2.04. The van der Waals surface area contributed by atoms with Crippen LogP contribution in [0.5, 0.6) is 5.75 Å². The SMILES string of the molecule is CCCCc1oc2ccc(N)cc2c1C(=O)c1ccc(OC)cc1.Cl. The lowest BCUT2D eigenvalue weighted by atomic mass is 9.98. The van der Waals surface area contributed by atoms with Gasteiger partial charge in [0, 0.05) is 23.1 Å². The Bertz CT molecular complexity index is 869. The quantitative estimate of drug-likeness (QED) is 0.495. The first kappa shape index (κ1) is 18.9. The fourth-order valence-corrected chi connectivity index (χ4v) is 2.81. The fourth-order valence-electron chi connectivity index (χ4n) is 2.81. The van der Waals surface area contributed by atoms with E-state index in [9.17, 15) is 4.79 Å². The van der Waals surface area contributed by atoms with Gasteiger partial charge in [0.15, 0.2) is 5.78 Å². The predicted octanol–water partition coefficient (Wildman–Crippen LogP) is 5.02. The first-order chi connectivity index (χ1) is 11.6. The molecule has 4 nitrogen and oxygen atoms in total. The highest BCUT2D eigenvalue weighted by Crippen LogP contribution is 2.31. The van der Waals surface area contributed by atoms with Gasteiger partial charge in [0.25, 0.3) is 0 Å². The lowest BCUT2D eigenvalue weighted by Gasteiger charge is -2.04. The minimum atomic E-state index is -0.0480. The van der Waals surface area contributed by atoms with E-state index >= 15 is 0 Å². The van der Waals surface area contributed by atoms with Gasteiger partial charge >= 0.3 is 0 Å². The number of aryl methyl sites for hydroxylation is 1. The number of benzene rings is 2. The smallest absolute Gasteiger partial charge is 0.197 e. The van der Waals surface area contributed by atoms with Gasteiger partial charge in [-0.25, -0.2) is 0 Å². The van der Waals surface area contributed by atoms with E-state index in [1.807, 2.05) is 12.1 Å². The van der Waals surface area contributed by atoms with Crippen molar-refractivity contribution in [1.82, 2.24) is 0 Å². The minimum Gasteiger partial charge on any atom is -0.497 e. The Balaban J connectivity index is 0.00000225. The average Bonchev–Trinajstić information content (AvgIpc) is 2.96. The van der Waals surface area contributed by atoms with Crippen molar-refractivity contribution in [3.63, 3.8) is 0 Å². The van der Waals surface area contributed by atoms with Gasteiger partial charge in [0.2, 0.25) is 0 Å². The molecule has 0 atom stereocenters. The third kappa shape index (κ3) is 3.80. The van der Waals surface area contributed by atoms with Gasteiger partial charge in [-0.1, -0.05) is 13.3 Å². The number of hydrogen-bond donors (Lipinski definition) is 1. The zero-order valence-corrected chi connectivity index (χ0v) is 15.2. The molecule has 2 aromatic carbocycles. The average molecular weight is 360 g/mol. The van der Waals surface area contributed by atoms with Crippen molar-refractivity contribution in [2.75, 3.05) is 12.8 Å². The van der Waals surface area contributed by atoms with Crippen LogP contribution >= 0.6 is 12.4 Å². The standard InChI is InChI=1S/C20H21NO3.ClH/c1-3-4-5-18-19(16-12-14(21)8-11-17(16)24-18)20(22)13-6-9-15(23-2)10-7-13;/h6-12H,3-5,21H2,1-2H3;1H. The van der Waals surface area contributed by atoms with Gasteiger partial charge in [-0.2, -0.15) is 0 Å². The number of nitrogen functional groups attached to an aromatic ring is 1. The maximum absolute atomic E-state index is 13.1. The molecule has 0 radical (unpaired) electrons. The number of fused-ring (bicyclic) bond motifs is 1. The largest absolute Gasteiger partial charge is 0.497 e. The Hall–Kier alpha value is -2.46. The monoisotopic (exact) mass is 359 g/mol. The summed E-state index contributed by atoms with van der Waals surface area (Å²) in [6.07, 6.45) is 2.75. The summed E-state index contributed by atoms with van der Waals surface area (Å²) in [5, 5.41) is 0.780. The van der Waals surface area contributed by atoms with Crippen LogP contribution in [0, 0.1) is 0 Å². The van der Waals surface area contributed by atoms with Gasteiger partial charge in [0.05, 0.1) is 12.7 Å². The molecule has 132 valence electrons. The van der Waals surface area contributed by atoms with Gasteiger partial charge in [0.1, 0.15) is 17.1 Å².